The van der Waals surface area contributed by atoms with Crippen LogP contribution in [0.15, 0.2) is 48.7 Å². The fourth-order valence-electron chi connectivity index (χ4n) is 4.80. The van der Waals surface area contributed by atoms with Gasteiger partial charge in [-0.3, -0.25) is 14.6 Å². The predicted octanol–water partition coefficient (Wildman–Crippen LogP) is 7.16. The van der Waals surface area contributed by atoms with Gasteiger partial charge in [-0.2, -0.15) is 17.2 Å². The molecule has 0 aliphatic carbocycles. The van der Waals surface area contributed by atoms with Gasteiger partial charge in [0.25, 0.3) is 0 Å². The van der Waals surface area contributed by atoms with Crippen molar-refractivity contribution < 1.29 is 25.8 Å². The van der Waals surface area contributed by atoms with E-state index in [4.69, 9.17) is 14.7 Å². The first kappa shape index (κ1) is 28.8. The minimum atomic E-state index is -0.466. The number of aromatic nitrogens is 5. The van der Waals surface area contributed by atoms with Gasteiger partial charge >= 0.3 is 21.1 Å². The monoisotopic (exact) mass is 700 g/mol. The predicted molar refractivity (Wildman–Crippen MR) is 151 cm³/mol. The summed E-state index contributed by atoms with van der Waals surface area (Å²) in [5.74, 6) is 1.17. The third kappa shape index (κ3) is 5.45. The van der Waals surface area contributed by atoms with E-state index in [9.17, 15) is 0 Å². The Morgan fingerprint density at radius 2 is 1.62 bits per heavy atom. The molecule has 0 aliphatic rings. The van der Waals surface area contributed by atoms with Crippen LogP contribution in [-0.4, -0.2) is 24.1 Å². The SMILES string of the molecule is Cc1cc(C)n(-c2[c-]c(Oc3[c-]c(C(C)(C)c4cc(C(C)(C)C)ccn4)n4c(C)c(C)nc4c3)ccc2)n1.[Pt+2]. The van der Waals surface area contributed by atoms with Crippen LogP contribution in [0.5, 0.6) is 11.5 Å². The summed E-state index contributed by atoms with van der Waals surface area (Å²) < 4.78 is 10.4. The summed E-state index contributed by atoms with van der Waals surface area (Å²) in [5.41, 5.74) is 8.41. The molecule has 0 unspecified atom stereocenters. The Morgan fingerprint density at radius 3 is 2.28 bits per heavy atom. The van der Waals surface area contributed by atoms with Gasteiger partial charge < -0.3 is 9.14 Å². The van der Waals surface area contributed by atoms with E-state index in [1.54, 1.807) is 0 Å². The van der Waals surface area contributed by atoms with Crippen LogP contribution in [0.4, 0.5) is 0 Å². The summed E-state index contributed by atoms with van der Waals surface area (Å²) in [4.78, 5) is 9.64. The fourth-order valence-corrected chi connectivity index (χ4v) is 4.80. The number of aryl methyl sites for hydroxylation is 4. The second-order valence-corrected chi connectivity index (χ2v) is 11.6. The number of rotatable bonds is 5. The van der Waals surface area contributed by atoms with Gasteiger partial charge in [-0.05, 0) is 68.3 Å². The molecule has 39 heavy (non-hydrogen) atoms. The summed E-state index contributed by atoms with van der Waals surface area (Å²) >= 11 is 0. The molecular weight excluding hydrogens is 665 g/mol. The molecule has 4 aromatic heterocycles. The van der Waals surface area contributed by atoms with Gasteiger partial charge in [-0.15, -0.1) is 24.3 Å². The van der Waals surface area contributed by atoms with Crippen molar-refractivity contribution in [3.8, 4) is 17.2 Å². The summed E-state index contributed by atoms with van der Waals surface area (Å²) in [7, 11) is 0. The van der Waals surface area contributed by atoms with E-state index in [1.807, 2.05) is 62.0 Å². The number of ether oxygens (including phenoxy) is 1. The van der Waals surface area contributed by atoms with E-state index in [0.29, 0.717) is 11.5 Å². The van der Waals surface area contributed by atoms with Crippen LogP contribution in [0.1, 0.15) is 74.3 Å². The number of fused-ring (bicyclic) bond motifs is 1. The molecule has 4 heterocycles. The number of nitrogens with zero attached hydrogens (tertiary/aromatic N) is 5. The van der Waals surface area contributed by atoms with Crippen LogP contribution in [0.3, 0.4) is 0 Å². The van der Waals surface area contributed by atoms with Gasteiger partial charge in [0.05, 0.1) is 22.7 Å². The number of benzene rings is 1. The van der Waals surface area contributed by atoms with Crippen LogP contribution < -0.4 is 4.74 Å². The maximum atomic E-state index is 6.37. The largest absolute Gasteiger partial charge is 2.00 e. The Labute approximate surface area is 245 Å². The first-order valence-corrected chi connectivity index (χ1v) is 13.0. The molecule has 0 spiro atoms. The van der Waals surface area contributed by atoms with Gasteiger partial charge in [0.15, 0.2) is 0 Å². The third-order valence-corrected chi connectivity index (χ3v) is 7.16. The van der Waals surface area contributed by atoms with Crippen molar-refractivity contribution in [3.63, 3.8) is 0 Å². The minimum Gasteiger partial charge on any atom is -0.521 e. The summed E-state index contributed by atoms with van der Waals surface area (Å²) in [6.45, 7) is 19.2. The summed E-state index contributed by atoms with van der Waals surface area (Å²) in [6.07, 6.45) is 1.90. The first-order valence-electron chi connectivity index (χ1n) is 13.0. The van der Waals surface area contributed by atoms with Crippen LogP contribution in [0.2, 0.25) is 0 Å². The zero-order valence-corrected chi connectivity index (χ0v) is 26.4. The van der Waals surface area contributed by atoms with Crippen LogP contribution >= 0.6 is 0 Å². The van der Waals surface area contributed by atoms with E-state index >= 15 is 0 Å². The standard InChI is InChI=1S/C32H35N5O.Pt/c1-20-15-21(2)37(35-20)25-11-10-12-26(17-25)38-27-18-29(36-23(4)22(3)34-30(36)19-27)32(8,9)28-16-24(13-14-33-28)31(5,6)7;/h10-16,19H,1-9H3;/q-2;+2. The molecule has 1 aromatic carbocycles. The molecule has 0 saturated heterocycles. The normalized spacial score (nSPS) is 12.0. The Bertz CT molecular complexity index is 1660. The van der Waals surface area contributed by atoms with Crippen molar-refractivity contribution in [2.75, 3.05) is 0 Å². The summed E-state index contributed by atoms with van der Waals surface area (Å²) in [5, 5.41) is 4.59. The van der Waals surface area contributed by atoms with Crippen LogP contribution in [0, 0.1) is 39.8 Å². The van der Waals surface area contributed by atoms with Crippen molar-refractivity contribution in [1.29, 1.82) is 0 Å². The molecule has 0 atom stereocenters. The van der Waals surface area contributed by atoms with Crippen molar-refractivity contribution in [2.45, 2.75) is 73.1 Å². The number of hydrogen-bond acceptors (Lipinski definition) is 4. The van der Waals surface area contributed by atoms with Crippen LogP contribution in [-0.2, 0) is 31.9 Å². The van der Waals surface area contributed by atoms with E-state index in [-0.39, 0.29) is 26.5 Å². The summed E-state index contributed by atoms with van der Waals surface area (Å²) in [6, 6.07) is 21.0. The molecule has 204 valence electrons. The van der Waals surface area contributed by atoms with Gasteiger partial charge in [-0.25, -0.2) is 0 Å². The molecule has 5 aromatic rings. The molecule has 6 nitrogen and oxygen atoms in total. The fraction of sp³-hybridized carbons (Fsp3) is 0.344. The Balaban J connectivity index is 0.00000353. The minimum absolute atomic E-state index is 0. The zero-order valence-electron chi connectivity index (χ0n) is 24.1. The van der Waals surface area contributed by atoms with Gasteiger partial charge in [0, 0.05) is 28.7 Å². The molecule has 0 radical (unpaired) electrons. The van der Waals surface area contributed by atoms with E-state index in [2.05, 4.69) is 75.3 Å². The molecule has 5 rings (SSSR count). The second-order valence-electron chi connectivity index (χ2n) is 11.6. The molecule has 0 amide bonds. The molecular formula is C32H35N5OPt. The van der Waals surface area contributed by atoms with E-state index < -0.39 is 5.41 Å². The zero-order chi connectivity index (χ0) is 27.4. The van der Waals surface area contributed by atoms with E-state index in [1.165, 1.54) is 5.56 Å². The van der Waals surface area contributed by atoms with Crippen molar-refractivity contribution in [1.82, 2.24) is 24.1 Å². The third-order valence-electron chi connectivity index (χ3n) is 7.16. The molecule has 7 heteroatoms. The van der Waals surface area contributed by atoms with E-state index in [0.717, 1.165) is 45.5 Å². The molecule has 0 N–H and O–H groups in total. The van der Waals surface area contributed by atoms with Gasteiger partial charge in [0.1, 0.15) is 0 Å². The van der Waals surface area contributed by atoms with Crippen LogP contribution in [0.25, 0.3) is 11.3 Å². The van der Waals surface area contributed by atoms with Gasteiger partial charge in [0.2, 0.25) is 0 Å². The quantitative estimate of drug-likeness (QED) is 0.183. The topological polar surface area (TPSA) is 57.2 Å². The number of imidazole rings is 1. The smallest absolute Gasteiger partial charge is 0.521 e. The Hall–Kier alpha value is -3.24. The second kappa shape index (κ2) is 10.4. The van der Waals surface area contributed by atoms with Crippen molar-refractivity contribution in [3.05, 3.63) is 101 Å². The number of hydrogen-bond donors (Lipinski definition) is 0. The van der Waals surface area contributed by atoms with Crippen molar-refractivity contribution >= 4 is 5.65 Å². The maximum absolute atomic E-state index is 6.37. The average molecular weight is 701 g/mol. The Morgan fingerprint density at radius 1 is 0.872 bits per heavy atom. The average Bonchev–Trinajstić information content (AvgIpc) is 3.35. The Kier molecular flexibility index (Phi) is 7.66. The van der Waals surface area contributed by atoms with Crippen molar-refractivity contribution in [2.24, 2.45) is 0 Å². The molecule has 0 bridgehead atoms. The molecule has 0 saturated carbocycles. The molecule has 0 aliphatic heterocycles. The van der Waals surface area contributed by atoms with Gasteiger partial charge in [-0.1, -0.05) is 40.3 Å². The number of pyridine rings is 2. The maximum Gasteiger partial charge on any atom is 2.00 e. The first-order chi connectivity index (χ1) is 17.8. The molecule has 0 fully saturated rings.